The number of nitrogens with two attached hydrogens (primary N) is 1. The van der Waals surface area contributed by atoms with Gasteiger partial charge in [-0.15, -0.1) is 0 Å². The number of furan rings is 1. The number of nitrogens with one attached hydrogen (secondary N) is 1. The van der Waals surface area contributed by atoms with Gasteiger partial charge in [-0.1, -0.05) is 11.6 Å². The Labute approximate surface area is 114 Å². The number of fused-ring (bicyclic) bond motifs is 1. The summed E-state index contributed by atoms with van der Waals surface area (Å²) in [4.78, 5) is 4.29. The zero-order valence-electron chi connectivity index (χ0n) is 10.3. The van der Waals surface area contributed by atoms with Crippen LogP contribution in [-0.2, 0) is 7.05 Å². The molecule has 0 saturated carbocycles. The molecule has 0 bridgehead atoms. The first-order chi connectivity index (χ1) is 9.19. The van der Waals surface area contributed by atoms with Gasteiger partial charge in [0.25, 0.3) is 0 Å². The van der Waals surface area contributed by atoms with Crippen LogP contribution in [0.25, 0.3) is 11.0 Å². The van der Waals surface area contributed by atoms with Crippen molar-refractivity contribution in [3.8, 4) is 0 Å². The van der Waals surface area contributed by atoms with Crippen molar-refractivity contribution in [1.29, 1.82) is 0 Å². The Hall–Kier alpha value is -1.82. The summed E-state index contributed by atoms with van der Waals surface area (Å²) in [5.74, 6) is 7.11. The Morgan fingerprint density at radius 2 is 2.26 bits per heavy atom. The van der Waals surface area contributed by atoms with E-state index in [4.69, 9.17) is 21.9 Å². The average Bonchev–Trinajstić information content (AvgIpc) is 2.97. The van der Waals surface area contributed by atoms with E-state index in [1.807, 2.05) is 36.0 Å². The van der Waals surface area contributed by atoms with E-state index in [1.54, 1.807) is 12.3 Å². The van der Waals surface area contributed by atoms with Crippen molar-refractivity contribution in [3.63, 3.8) is 0 Å². The Bertz CT molecular complexity index is 718. The van der Waals surface area contributed by atoms with Gasteiger partial charge in [0.2, 0.25) is 0 Å². The molecule has 1 unspecified atom stereocenters. The fourth-order valence-electron chi connectivity index (χ4n) is 2.12. The van der Waals surface area contributed by atoms with Gasteiger partial charge in [-0.05, 0) is 24.3 Å². The van der Waals surface area contributed by atoms with E-state index < -0.39 is 0 Å². The fourth-order valence-corrected chi connectivity index (χ4v) is 2.30. The van der Waals surface area contributed by atoms with Crippen molar-refractivity contribution in [3.05, 3.63) is 53.3 Å². The minimum absolute atomic E-state index is 0.300. The van der Waals surface area contributed by atoms with Crippen LogP contribution in [0.4, 0.5) is 0 Å². The molecule has 1 atom stereocenters. The molecule has 1 aromatic carbocycles. The molecule has 0 amide bonds. The maximum atomic E-state index is 5.97. The third kappa shape index (κ3) is 2.12. The van der Waals surface area contributed by atoms with E-state index in [0.717, 1.165) is 16.8 Å². The summed E-state index contributed by atoms with van der Waals surface area (Å²) in [6.45, 7) is 0. The van der Waals surface area contributed by atoms with Gasteiger partial charge in [-0.3, -0.25) is 5.84 Å². The number of aryl methyl sites for hydroxylation is 1. The second kappa shape index (κ2) is 4.70. The lowest BCUT2D eigenvalue weighted by atomic mass is 10.2. The van der Waals surface area contributed by atoms with Crippen molar-refractivity contribution in [2.75, 3.05) is 0 Å². The Balaban J connectivity index is 2.09. The van der Waals surface area contributed by atoms with Crippen molar-refractivity contribution >= 4 is 22.6 Å². The van der Waals surface area contributed by atoms with Crippen molar-refractivity contribution < 1.29 is 4.42 Å². The molecule has 5 nitrogen and oxygen atoms in total. The maximum absolute atomic E-state index is 5.97. The third-order valence-corrected chi connectivity index (χ3v) is 3.30. The lowest BCUT2D eigenvalue weighted by Crippen LogP contribution is -2.30. The van der Waals surface area contributed by atoms with Crippen molar-refractivity contribution in [1.82, 2.24) is 15.0 Å². The zero-order valence-corrected chi connectivity index (χ0v) is 11.1. The predicted octanol–water partition coefficient (Wildman–Crippen LogP) is 2.37. The van der Waals surface area contributed by atoms with E-state index in [-0.39, 0.29) is 6.04 Å². The molecule has 19 heavy (non-hydrogen) atoms. The fraction of sp³-hybridized carbons (Fsp3) is 0.154. The monoisotopic (exact) mass is 276 g/mol. The molecule has 0 aliphatic heterocycles. The number of hydrazine groups is 1. The highest BCUT2D eigenvalue weighted by atomic mass is 35.5. The molecule has 2 heterocycles. The highest BCUT2D eigenvalue weighted by Gasteiger charge is 2.20. The lowest BCUT2D eigenvalue weighted by molar-refractivity contribution is 0.457. The van der Waals surface area contributed by atoms with E-state index in [0.29, 0.717) is 10.8 Å². The number of hydrogen-bond acceptors (Lipinski definition) is 4. The van der Waals surface area contributed by atoms with Gasteiger partial charge >= 0.3 is 0 Å². The first-order valence-corrected chi connectivity index (χ1v) is 6.19. The number of aromatic nitrogens is 2. The highest BCUT2D eigenvalue weighted by molar-refractivity contribution is 6.31. The van der Waals surface area contributed by atoms with Gasteiger partial charge in [-0.25, -0.2) is 10.4 Å². The SMILES string of the molecule is Cn1ccnc1C(NN)c1cc2cc(Cl)ccc2o1. The number of imidazole rings is 1. The van der Waals surface area contributed by atoms with Gasteiger partial charge in [0.05, 0.1) is 0 Å². The van der Waals surface area contributed by atoms with Crippen molar-refractivity contribution in [2.45, 2.75) is 6.04 Å². The second-order valence-electron chi connectivity index (χ2n) is 4.33. The van der Waals surface area contributed by atoms with Crippen LogP contribution in [0.5, 0.6) is 0 Å². The van der Waals surface area contributed by atoms with Crippen LogP contribution in [0.15, 0.2) is 41.1 Å². The molecule has 3 aromatic rings. The lowest BCUT2D eigenvalue weighted by Gasteiger charge is -2.12. The zero-order chi connectivity index (χ0) is 13.4. The molecule has 0 aliphatic rings. The Morgan fingerprint density at radius 3 is 2.95 bits per heavy atom. The van der Waals surface area contributed by atoms with Crippen LogP contribution in [0, 0.1) is 0 Å². The molecular formula is C13H13ClN4O. The summed E-state index contributed by atoms with van der Waals surface area (Å²) in [7, 11) is 1.91. The van der Waals surface area contributed by atoms with Crippen LogP contribution >= 0.6 is 11.6 Å². The predicted molar refractivity (Wildman–Crippen MR) is 73.6 cm³/mol. The molecule has 0 saturated heterocycles. The molecule has 0 fully saturated rings. The van der Waals surface area contributed by atoms with E-state index in [1.165, 1.54) is 0 Å². The van der Waals surface area contributed by atoms with Gasteiger partial charge in [0, 0.05) is 29.9 Å². The van der Waals surface area contributed by atoms with Gasteiger partial charge < -0.3 is 8.98 Å². The summed E-state index contributed by atoms with van der Waals surface area (Å²) in [5, 5.41) is 1.62. The minimum Gasteiger partial charge on any atom is -0.459 e. The van der Waals surface area contributed by atoms with Gasteiger partial charge in [-0.2, -0.15) is 0 Å². The molecule has 98 valence electrons. The number of benzene rings is 1. The quantitative estimate of drug-likeness (QED) is 0.569. The first-order valence-electron chi connectivity index (χ1n) is 5.81. The summed E-state index contributed by atoms with van der Waals surface area (Å²) < 4.78 is 7.69. The van der Waals surface area contributed by atoms with E-state index in [9.17, 15) is 0 Å². The Kier molecular flexibility index (Phi) is 3.02. The molecule has 3 N–H and O–H groups in total. The van der Waals surface area contributed by atoms with E-state index >= 15 is 0 Å². The molecule has 2 aromatic heterocycles. The summed E-state index contributed by atoms with van der Waals surface area (Å²) in [6.07, 6.45) is 3.58. The van der Waals surface area contributed by atoms with Gasteiger partial charge in [0.15, 0.2) is 0 Å². The molecular weight excluding hydrogens is 264 g/mol. The Morgan fingerprint density at radius 1 is 1.42 bits per heavy atom. The molecule has 0 radical (unpaired) electrons. The molecule has 0 spiro atoms. The molecule has 0 aliphatic carbocycles. The van der Waals surface area contributed by atoms with Crippen LogP contribution < -0.4 is 11.3 Å². The summed E-state index contributed by atoms with van der Waals surface area (Å²) in [6, 6.07) is 7.11. The first kappa shape index (κ1) is 12.2. The second-order valence-corrected chi connectivity index (χ2v) is 4.76. The largest absolute Gasteiger partial charge is 0.459 e. The van der Waals surface area contributed by atoms with Crippen LogP contribution in [-0.4, -0.2) is 9.55 Å². The smallest absolute Gasteiger partial charge is 0.137 e. The van der Waals surface area contributed by atoms with Crippen molar-refractivity contribution in [2.24, 2.45) is 12.9 Å². The number of hydrogen-bond donors (Lipinski definition) is 2. The molecule has 3 rings (SSSR count). The summed E-state index contributed by atoms with van der Waals surface area (Å²) in [5.41, 5.74) is 3.50. The normalized spacial score (nSPS) is 13.0. The maximum Gasteiger partial charge on any atom is 0.137 e. The minimum atomic E-state index is -0.300. The summed E-state index contributed by atoms with van der Waals surface area (Å²) >= 11 is 5.97. The number of halogens is 1. The number of rotatable bonds is 3. The van der Waals surface area contributed by atoms with Crippen LogP contribution in [0.1, 0.15) is 17.6 Å². The standard InChI is InChI=1S/C13H13ClN4O/c1-18-5-4-16-13(18)12(17-15)11-7-8-6-9(14)2-3-10(8)19-11/h2-7,12,17H,15H2,1H3. The third-order valence-electron chi connectivity index (χ3n) is 3.07. The average molecular weight is 277 g/mol. The topological polar surface area (TPSA) is 69.0 Å². The highest BCUT2D eigenvalue weighted by Crippen LogP contribution is 2.28. The van der Waals surface area contributed by atoms with Crippen LogP contribution in [0.2, 0.25) is 5.02 Å². The van der Waals surface area contributed by atoms with Gasteiger partial charge in [0.1, 0.15) is 23.2 Å². The molecule has 6 heteroatoms. The van der Waals surface area contributed by atoms with E-state index in [2.05, 4.69) is 10.4 Å². The van der Waals surface area contributed by atoms with Crippen LogP contribution in [0.3, 0.4) is 0 Å². The number of nitrogens with zero attached hydrogens (tertiary/aromatic N) is 2.